The number of rotatable bonds is 5. The van der Waals surface area contributed by atoms with Crippen molar-refractivity contribution in [2.24, 2.45) is 0 Å². The molecule has 7 heteroatoms. The van der Waals surface area contributed by atoms with E-state index in [1.165, 1.54) is 27.4 Å². The Kier molecular flexibility index (Phi) is 5.48. The highest BCUT2D eigenvalue weighted by atomic mass is 32.2. The number of thiophene rings is 1. The molecule has 0 saturated heterocycles. The van der Waals surface area contributed by atoms with Crippen molar-refractivity contribution < 1.29 is 9.53 Å². The van der Waals surface area contributed by atoms with Crippen molar-refractivity contribution in [2.45, 2.75) is 38.3 Å². The maximum absolute atomic E-state index is 12.1. The van der Waals surface area contributed by atoms with Gasteiger partial charge in [0, 0.05) is 4.90 Å². The molecular weight excluding hydrogens is 366 g/mol. The third-order valence-corrected chi connectivity index (χ3v) is 6.33. The Hall–Kier alpha value is -2.12. The predicted molar refractivity (Wildman–Crippen MR) is 108 cm³/mol. The van der Waals surface area contributed by atoms with Crippen LogP contribution in [0.25, 0.3) is 10.2 Å². The summed E-state index contributed by atoms with van der Waals surface area (Å²) in [5.41, 5.74) is 9.48. The Morgan fingerprint density at radius 2 is 2.00 bits per heavy atom. The highest BCUT2D eigenvalue weighted by Crippen LogP contribution is 2.34. The summed E-state index contributed by atoms with van der Waals surface area (Å²) >= 11 is 2.98. The van der Waals surface area contributed by atoms with E-state index >= 15 is 0 Å². The Balaban J connectivity index is 1.88. The van der Waals surface area contributed by atoms with Crippen LogP contribution >= 0.6 is 23.1 Å². The van der Waals surface area contributed by atoms with Gasteiger partial charge in [0.05, 0.1) is 17.7 Å². The van der Waals surface area contributed by atoms with Gasteiger partial charge in [-0.25, -0.2) is 14.8 Å². The first-order valence-electron chi connectivity index (χ1n) is 8.33. The van der Waals surface area contributed by atoms with Gasteiger partial charge >= 0.3 is 5.97 Å². The third kappa shape index (κ3) is 3.68. The summed E-state index contributed by atoms with van der Waals surface area (Å²) in [7, 11) is 0. The van der Waals surface area contributed by atoms with Crippen molar-refractivity contribution >= 4 is 45.1 Å². The smallest absolute Gasteiger partial charge is 0.348 e. The van der Waals surface area contributed by atoms with Crippen LogP contribution in [0, 0.1) is 20.8 Å². The average molecular weight is 388 g/mol. The van der Waals surface area contributed by atoms with E-state index in [1.807, 2.05) is 6.92 Å². The molecule has 2 aromatic heterocycles. The molecule has 0 unspecified atom stereocenters. The number of carbonyl (C=O) groups is 1. The second-order valence-corrected chi connectivity index (χ2v) is 8.06. The summed E-state index contributed by atoms with van der Waals surface area (Å²) in [4.78, 5) is 23.6. The van der Waals surface area contributed by atoms with Crippen LogP contribution in [0.2, 0.25) is 0 Å². The lowest BCUT2D eigenvalue weighted by Crippen LogP contribution is -2.03. The van der Waals surface area contributed by atoms with Crippen molar-refractivity contribution in [3.63, 3.8) is 0 Å². The molecule has 2 N–H and O–H groups in total. The first-order chi connectivity index (χ1) is 12.4. The molecule has 1 aromatic carbocycles. The number of aryl methyl sites for hydroxylation is 3. The minimum Gasteiger partial charge on any atom is -0.462 e. The molecule has 0 fully saturated rings. The molecule has 0 atom stereocenters. The number of hydrogen-bond donors (Lipinski definition) is 1. The molecule has 136 valence electrons. The molecular formula is C19H21N3O2S2. The van der Waals surface area contributed by atoms with Crippen LogP contribution < -0.4 is 5.73 Å². The van der Waals surface area contributed by atoms with Crippen LogP contribution in [0.1, 0.15) is 39.1 Å². The van der Waals surface area contributed by atoms with Crippen LogP contribution in [0.4, 0.5) is 5.82 Å². The van der Waals surface area contributed by atoms with E-state index in [4.69, 9.17) is 10.5 Å². The van der Waals surface area contributed by atoms with E-state index in [1.54, 1.807) is 18.7 Å². The molecule has 0 spiro atoms. The second kappa shape index (κ2) is 7.63. The maximum Gasteiger partial charge on any atom is 0.348 e. The van der Waals surface area contributed by atoms with E-state index in [9.17, 15) is 4.79 Å². The van der Waals surface area contributed by atoms with Gasteiger partial charge in [-0.1, -0.05) is 6.07 Å². The number of aromatic nitrogens is 2. The lowest BCUT2D eigenvalue weighted by molar-refractivity contribution is 0.0531. The number of hydrogen-bond acceptors (Lipinski definition) is 7. The van der Waals surface area contributed by atoms with Crippen molar-refractivity contribution in [3.05, 3.63) is 45.6 Å². The van der Waals surface area contributed by atoms with Gasteiger partial charge < -0.3 is 10.5 Å². The number of benzene rings is 1. The number of fused-ring (bicyclic) bond motifs is 1. The van der Waals surface area contributed by atoms with Crippen molar-refractivity contribution in [3.8, 4) is 0 Å². The van der Waals surface area contributed by atoms with Crippen LogP contribution in [0.5, 0.6) is 0 Å². The van der Waals surface area contributed by atoms with Crippen molar-refractivity contribution in [1.29, 1.82) is 0 Å². The fourth-order valence-corrected chi connectivity index (χ4v) is 4.57. The zero-order valence-corrected chi connectivity index (χ0v) is 16.9. The lowest BCUT2D eigenvalue weighted by atomic mass is 10.1. The Bertz CT molecular complexity index is 983. The van der Waals surface area contributed by atoms with Gasteiger partial charge in [-0.05, 0) is 56.5 Å². The highest BCUT2D eigenvalue weighted by molar-refractivity contribution is 7.98. The molecule has 5 nitrogen and oxygen atoms in total. The minimum atomic E-state index is -0.335. The summed E-state index contributed by atoms with van der Waals surface area (Å²) in [5, 5.41) is 0.748. The Morgan fingerprint density at radius 1 is 1.23 bits per heavy atom. The van der Waals surface area contributed by atoms with Gasteiger partial charge in [0.15, 0.2) is 0 Å². The molecule has 0 aliphatic heterocycles. The Morgan fingerprint density at radius 3 is 2.69 bits per heavy atom. The largest absolute Gasteiger partial charge is 0.462 e. The Labute approximate surface area is 161 Å². The first kappa shape index (κ1) is 18.7. The van der Waals surface area contributed by atoms with E-state index in [-0.39, 0.29) is 5.97 Å². The van der Waals surface area contributed by atoms with E-state index in [2.05, 4.69) is 42.0 Å². The molecule has 0 bridgehead atoms. The maximum atomic E-state index is 12.1. The number of carbonyl (C=O) groups excluding carboxylic acids is 1. The molecule has 3 aromatic rings. The summed E-state index contributed by atoms with van der Waals surface area (Å²) in [6.07, 6.45) is 0. The van der Waals surface area contributed by atoms with Gasteiger partial charge in [-0.3, -0.25) is 0 Å². The summed E-state index contributed by atoms with van der Waals surface area (Å²) < 4.78 is 5.11. The lowest BCUT2D eigenvalue weighted by Gasteiger charge is -2.06. The van der Waals surface area contributed by atoms with E-state index in [0.29, 0.717) is 28.9 Å². The molecule has 0 aliphatic carbocycles. The number of esters is 1. The number of anilines is 1. The van der Waals surface area contributed by atoms with Gasteiger partial charge in [0.2, 0.25) is 0 Å². The standard InChI is InChI=1S/C19H21N3O2S2/c1-5-24-19(23)16-12(4)15-17(20)21-14(22-18(15)26-16)9-25-13-7-6-10(2)11(3)8-13/h6-8H,5,9H2,1-4H3,(H2,20,21,22). The molecule has 0 saturated carbocycles. The molecule has 0 amide bonds. The third-order valence-electron chi connectivity index (χ3n) is 4.17. The quantitative estimate of drug-likeness (QED) is 0.506. The normalized spacial score (nSPS) is 11.1. The highest BCUT2D eigenvalue weighted by Gasteiger charge is 2.20. The molecule has 3 rings (SSSR count). The number of ether oxygens (including phenoxy) is 1. The molecule has 26 heavy (non-hydrogen) atoms. The topological polar surface area (TPSA) is 78.1 Å². The monoisotopic (exact) mass is 387 g/mol. The number of nitrogens with two attached hydrogens (primary N) is 1. The minimum absolute atomic E-state index is 0.335. The van der Waals surface area contributed by atoms with Gasteiger partial charge in [0.25, 0.3) is 0 Å². The van der Waals surface area contributed by atoms with Gasteiger partial charge in [-0.2, -0.15) is 0 Å². The van der Waals surface area contributed by atoms with Crippen LogP contribution in [0.3, 0.4) is 0 Å². The number of nitrogen functional groups attached to an aromatic ring is 1. The van der Waals surface area contributed by atoms with Crippen LogP contribution in [-0.2, 0) is 10.5 Å². The zero-order chi connectivity index (χ0) is 18.8. The fourth-order valence-electron chi connectivity index (χ4n) is 2.62. The van der Waals surface area contributed by atoms with Crippen molar-refractivity contribution in [2.75, 3.05) is 12.3 Å². The SMILES string of the molecule is CCOC(=O)c1sc2nc(CSc3ccc(C)c(C)c3)nc(N)c2c1C. The number of thioether (sulfide) groups is 1. The fraction of sp³-hybridized carbons (Fsp3) is 0.316. The van der Waals surface area contributed by atoms with Crippen LogP contribution in [-0.4, -0.2) is 22.5 Å². The van der Waals surface area contributed by atoms with E-state index < -0.39 is 0 Å². The van der Waals surface area contributed by atoms with Crippen LogP contribution in [0.15, 0.2) is 23.1 Å². The summed E-state index contributed by atoms with van der Waals surface area (Å²) in [5.74, 6) is 1.36. The predicted octanol–water partition coefficient (Wildman–Crippen LogP) is 4.67. The molecule has 0 aliphatic rings. The van der Waals surface area contributed by atoms with Crippen molar-refractivity contribution in [1.82, 2.24) is 9.97 Å². The zero-order valence-electron chi connectivity index (χ0n) is 15.3. The average Bonchev–Trinajstić information content (AvgIpc) is 2.93. The summed E-state index contributed by atoms with van der Waals surface area (Å²) in [6.45, 7) is 8.18. The van der Waals surface area contributed by atoms with E-state index in [0.717, 1.165) is 15.8 Å². The van der Waals surface area contributed by atoms with Gasteiger partial charge in [-0.15, -0.1) is 23.1 Å². The first-order valence-corrected chi connectivity index (χ1v) is 10.1. The molecule has 0 radical (unpaired) electrons. The second-order valence-electron chi connectivity index (χ2n) is 6.02. The molecule has 2 heterocycles. The van der Waals surface area contributed by atoms with Gasteiger partial charge in [0.1, 0.15) is 21.3 Å². The number of nitrogens with zero attached hydrogens (tertiary/aromatic N) is 2. The summed E-state index contributed by atoms with van der Waals surface area (Å²) in [6, 6.07) is 6.38.